The summed E-state index contributed by atoms with van der Waals surface area (Å²) in [6, 6.07) is 4.94. The molecule has 24 heavy (non-hydrogen) atoms. The Morgan fingerprint density at radius 1 is 1.38 bits per heavy atom. The Balaban J connectivity index is 2.39. The van der Waals surface area contributed by atoms with Crippen molar-refractivity contribution in [3.05, 3.63) is 36.0 Å². The van der Waals surface area contributed by atoms with Gasteiger partial charge in [-0.2, -0.15) is 4.72 Å². The molecule has 1 atom stereocenters. The number of carbonyl (C=O) groups excluding carboxylic acids is 1. The molecule has 0 saturated carbocycles. The first-order chi connectivity index (χ1) is 11.2. The van der Waals surface area contributed by atoms with Gasteiger partial charge in [0.05, 0.1) is 5.52 Å². The maximum atomic E-state index is 12.6. The van der Waals surface area contributed by atoms with E-state index in [4.69, 9.17) is 10.8 Å². The zero-order chi connectivity index (χ0) is 17.9. The Labute approximate surface area is 138 Å². The fraction of sp³-hybridized carbons (Fsp3) is 0.267. The summed E-state index contributed by atoms with van der Waals surface area (Å²) in [5.41, 5.74) is 6.10. The zero-order valence-corrected chi connectivity index (χ0v) is 13.7. The zero-order valence-electron chi connectivity index (χ0n) is 12.9. The van der Waals surface area contributed by atoms with Gasteiger partial charge >= 0.3 is 5.97 Å². The smallest absolute Gasteiger partial charge is 0.321 e. The Morgan fingerprint density at radius 2 is 2.08 bits per heavy atom. The molecule has 8 nitrogen and oxygen atoms in total. The largest absolute Gasteiger partial charge is 0.480 e. The van der Waals surface area contributed by atoms with Gasteiger partial charge in [0.1, 0.15) is 10.9 Å². The molecule has 0 fully saturated rings. The van der Waals surface area contributed by atoms with Gasteiger partial charge in [0.15, 0.2) is 0 Å². The number of fused-ring (bicyclic) bond motifs is 1. The SMILES string of the molecule is Cc1cnc2c(S(=O)(=O)N[C@@H](CCC(N)=O)C(=O)O)cccc2c1. The molecular formula is C15H17N3O5S. The molecule has 1 aromatic carbocycles. The number of hydrogen-bond donors (Lipinski definition) is 3. The molecule has 1 amide bonds. The van der Waals surface area contributed by atoms with Crippen molar-refractivity contribution in [3.8, 4) is 0 Å². The molecule has 0 saturated heterocycles. The van der Waals surface area contributed by atoms with E-state index in [2.05, 4.69) is 9.71 Å². The second kappa shape index (κ2) is 6.93. The van der Waals surface area contributed by atoms with Crippen molar-refractivity contribution in [2.24, 2.45) is 5.73 Å². The average Bonchev–Trinajstić information content (AvgIpc) is 2.50. The molecule has 0 aliphatic rings. The molecule has 2 aromatic rings. The number of nitrogens with two attached hydrogens (primary N) is 1. The minimum Gasteiger partial charge on any atom is -0.480 e. The second-order valence-electron chi connectivity index (χ2n) is 5.36. The van der Waals surface area contributed by atoms with Crippen LogP contribution in [0.3, 0.4) is 0 Å². The van der Waals surface area contributed by atoms with Crippen LogP contribution in [-0.2, 0) is 19.6 Å². The van der Waals surface area contributed by atoms with Crippen molar-refractivity contribution in [1.29, 1.82) is 0 Å². The number of para-hydroxylation sites is 1. The molecule has 9 heteroatoms. The van der Waals surface area contributed by atoms with Crippen LogP contribution in [0, 0.1) is 6.92 Å². The van der Waals surface area contributed by atoms with E-state index >= 15 is 0 Å². The number of aromatic nitrogens is 1. The van der Waals surface area contributed by atoms with E-state index in [1.807, 2.05) is 6.92 Å². The number of carboxylic acid groups (broad SMARTS) is 1. The van der Waals surface area contributed by atoms with Crippen molar-refractivity contribution in [1.82, 2.24) is 9.71 Å². The van der Waals surface area contributed by atoms with Crippen molar-refractivity contribution >= 4 is 32.8 Å². The lowest BCUT2D eigenvalue weighted by Crippen LogP contribution is -2.41. The highest BCUT2D eigenvalue weighted by Crippen LogP contribution is 2.22. The molecule has 128 valence electrons. The molecule has 0 unspecified atom stereocenters. The van der Waals surface area contributed by atoms with E-state index in [-0.39, 0.29) is 23.3 Å². The maximum Gasteiger partial charge on any atom is 0.321 e. The fourth-order valence-corrected chi connectivity index (χ4v) is 3.63. The van der Waals surface area contributed by atoms with Crippen LogP contribution in [0.4, 0.5) is 0 Å². The molecule has 0 radical (unpaired) electrons. The maximum absolute atomic E-state index is 12.6. The van der Waals surface area contributed by atoms with Crippen molar-refractivity contribution in [3.63, 3.8) is 0 Å². The van der Waals surface area contributed by atoms with Gasteiger partial charge in [0.25, 0.3) is 0 Å². The van der Waals surface area contributed by atoms with E-state index < -0.39 is 27.9 Å². The molecule has 0 aliphatic heterocycles. The Bertz CT molecular complexity index is 895. The van der Waals surface area contributed by atoms with Crippen LogP contribution in [-0.4, -0.2) is 36.4 Å². The third-order valence-electron chi connectivity index (χ3n) is 3.38. The first-order valence-corrected chi connectivity index (χ1v) is 8.58. The summed E-state index contributed by atoms with van der Waals surface area (Å²) in [4.78, 5) is 26.1. The number of aryl methyl sites for hydroxylation is 1. The number of amides is 1. The van der Waals surface area contributed by atoms with Crippen LogP contribution in [0.1, 0.15) is 18.4 Å². The lowest BCUT2D eigenvalue weighted by atomic mass is 10.2. The highest BCUT2D eigenvalue weighted by atomic mass is 32.2. The van der Waals surface area contributed by atoms with E-state index in [1.54, 1.807) is 18.2 Å². The first kappa shape index (κ1) is 17.8. The highest BCUT2D eigenvalue weighted by Gasteiger charge is 2.27. The van der Waals surface area contributed by atoms with Crippen molar-refractivity contribution in [2.75, 3.05) is 0 Å². The van der Waals surface area contributed by atoms with E-state index in [0.29, 0.717) is 5.39 Å². The van der Waals surface area contributed by atoms with Crippen LogP contribution in [0.5, 0.6) is 0 Å². The minimum atomic E-state index is -4.14. The topological polar surface area (TPSA) is 139 Å². The van der Waals surface area contributed by atoms with Crippen LogP contribution >= 0.6 is 0 Å². The van der Waals surface area contributed by atoms with Gasteiger partial charge in [0.2, 0.25) is 15.9 Å². The van der Waals surface area contributed by atoms with Gasteiger partial charge in [-0.3, -0.25) is 14.6 Å². The predicted octanol–water partition coefficient (Wildman–Crippen LogP) is 0.540. The third kappa shape index (κ3) is 4.06. The van der Waals surface area contributed by atoms with Gasteiger partial charge in [-0.05, 0) is 31.0 Å². The molecule has 0 bridgehead atoms. The van der Waals surface area contributed by atoms with Crippen LogP contribution in [0.2, 0.25) is 0 Å². The summed E-state index contributed by atoms with van der Waals surface area (Å²) < 4.78 is 27.2. The number of pyridine rings is 1. The lowest BCUT2D eigenvalue weighted by molar-refractivity contribution is -0.139. The number of nitrogens with zero attached hydrogens (tertiary/aromatic N) is 1. The summed E-state index contributed by atoms with van der Waals surface area (Å²) in [6.45, 7) is 1.83. The molecular weight excluding hydrogens is 334 g/mol. The van der Waals surface area contributed by atoms with Crippen LogP contribution in [0.25, 0.3) is 10.9 Å². The lowest BCUT2D eigenvalue weighted by Gasteiger charge is -2.15. The highest BCUT2D eigenvalue weighted by molar-refractivity contribution is 7.89. The summed E-state index contributed by atoms with van der Waals surface area (Å²) >= 11 is 0. The number of benzene rings is 1. The standard InChI is InChI=1S/C15H17N3O5S/c1-9-7-10-3-2-4-12(14(10)17-8-9)24(22,23)18-11(15(20)21)5-6-13(16)19/h2-4,7-8,11,18H,5-6H2,1H3,(H2,16,19)(H,20,21)/t11-/m0/s1. The van der Waals surface area contributed by atoms with E-state index in [1.165, 1.54) is 12.3 Å². The molecule has 4 N–H and O–H groups in total. The quantitative estimate of drug-likeness (QED) is 0.665. The van der Waals surface area contributed by atoms with Gasteiger partial charge in [-0.1, -0.05) is 12.1 Å². The van der Waals surface area contributed by atoms with Gasteiger partial charge < -0.3 is 10.8 Å². The van der Waals surface area contributed by atoms with Crippen molar-refractivity contribution in [2.45, 2.75) is 30.7 Å². The van der Waals surface area contributed by atoms with Crippen molar-refractivity contribution < 1.29 is 23.1 Å². The summed E-state index contributed by atoms with van der Waals surface area (Å²) in [5, 5.41) is 9.78. The number of carbonyl (C=O) groups is 2. The first-order valence-electron chi connectivity index (χ1n) is 7.09. The van der Waals surface area contributed by atoms with E-state index in [0.717, 1.165) is 5.56 Å². The minimum absolute atomic E-state index is 0.120. The Morgan fingerprint density at radius 3 is 2.71 bits per heavy atom. The molecule has 1 heterocycles. The molecule has 2 rings (SSSR count). The number of hydrogen-bond acceptors (Lipinski definition) is 5. The Kier molecular flexibility index (Phi) is 5.15. The number of aliphatic carboxylic acids is 1. The number of rotatable bonds is 7. The number of sulfonamides is 1. The van der Waals surface area contributed by atoms with Gasteiger partial charge in [-0.15, -0.1) is 0 Å². The van der Waals surface area contributed by atoms with Crippen LogP contribution in [0.15, 0.2) is 35.4 Å². The fourth-order valence-electron chi connectivity index (χ4n) is 2.23. The molecule has 0 aliphatic carbocycles. The normalized spacial score (nSPS) is 12.9. The second-order valence-corrected chi connectivity index (χ2v) is 7.04. The van der Waals surface area contributed by atoms with Gasteiger partial charge in [0, 0.05) is 18.0 Å². The predicted molar refractivity (Wildman–Crippen MR) is 86.7 cm³/mol. The number of primary amides is 1. The summed E-state index contributed by atoms with van der Waals surface area (Å²) in [6.07, 6.45) is 1.05. The monoisotopic (exact) mass is 351 g/mol. The number of carboxylic acids is 1. The van der Waals surface area contributed by atoms with Gasteiger partial charge in [-0.25, -0.2) is 8.42 Å². The van der Waals surface area contributed by atoms with E-state index in [9.17, 15) is 18.0 Å². The molecule has 1 aromatic heterocycles. The summed E-state index contributed by atoms with van der Waals surface area (Å²) in [7, 11) is -4.14. The third-order valence-corrected chi connectivity index (χ3v) is 4.88. The Hall–Kier alpha value is -2.52. The molecule has 0 spiro atoms. The average molecular weight is 351 g/mol. The number of nitrogens with one attached hydrogen (secondary N) is 1. The summed E-state index contributed by atoms with van der Waals surface area (Å²) in [5.74, 6) is -2.09. The van der Waals surface area contributed by atoms with Crippen LogP contribution < -0.4 is 10.5 Å².